The fourth-order valence-corrected chi connectivity index (χ4v) is 8.24. The molecule has 0 heterocycles. The van der Waals surface area contributed by atoms with Crippen molar-refractivity contribution in [2.75, 3.05) is 13.2 Å². The maximum absolute atomic E-state index is 12.8. The quantitative estimate of drug-likeness (QED) is 0.0262. The van der Waals surface area contributed by atoms with Crippen LogP contribution in [-0.4, -0.2) is 37.2 Å². The van der Waals surface area contributed by atoms with Crippen LogP contribution >= 0.6 is 0 Å². The summed E-state index contributed by atoms with van der Waals surface area (Å²) in [6.45, 7) is 6.57. The SMILES string of the molecule is CCCCCCCC/C=C\C/C=C\C/C=C\CCCC(=O)OCC(COC(=O)CCCCCCCCCCCCCCCCCCC)OC(=O)CCC/C=C\C/C=C\C/C=C\CCCCCCCC. The lowest BCUT2D eigenvalue weighted by Crippen LogP contribution is -2.30. The maximum Gasteiger partial charge on any atom is 0.306 e. The fraction of sp³-hybridized carbons (Fsp3) is 0.762. The zero-order valence-electron chi connectivity index (χ0n) is 45.6. The van der Waals surface area contributed by atoms with Crippen molar-refractivity contribution in [1.29, 1.82) is 0 Å². The number of hydrogen-bond acceptors (Lipinski definition) is 6. The molecule has 0 radical (unpaired) electrons. The van der Waals surface area contributed by atoms with Crippen molar-refractivity contribution in [3.63, 3.8) is 0 Å². The van der Waals surface area contributed by atoms with Gasteiger partial charge in [0.1, 0.15) is 13.2 Å². The highest BCUT2D eigenvalue weighted by Crippen LogP contribution is 2.16. The molecule has 0 amide bonds. The Morgan fingerprint density at radius 1 is 0.290 bits per heavy atom. The van der Waals surface area contributed by atoms with Gasteiger partial charge in [-0.2, -0.15) is 0 Å². The Bertz CT molecular complexity index is 1290. The van der Waals surface area contributed by atoms with Gasteiger partial charge < -0.3 is 14.2 Å². The van der Waals surface area contributed by atoms with E-state index in [0.717, 1.165) is 57.8 Å². The molecule has 0 aromatic carbocycles. The van der Waals surface area contributed by atoms with E-state index < -0.39 is 6.10 Å². The van der Waals surface area contributed by atoms with Gasteiger partial charge in [0.2, 0.25) is 0 Å². The van der Waals surface area contributed by atoms with Crippen LogP contribution in [0, 0.1) is 0 Å². The minimum atomic E-state index is -0.821. The van der Waals surface area contributed by atoms with Gasteiger partial charge in [-0.05, 0) is 83.5 Å². The summed E-state index contributed by atoms with van der Waals surface area (Å²) in [7, 11) is 0. The van der Waals surface area contributed by atoms with E-state index in [9.17, 15) is 14.4 Å². The molecule has 0 aliphatic rings. The highest BCUT2D eigenvalue weighted by atomic mass is 16.6. The second-order valence-corrected chi connectivity index (χ2v) is 19.6. The summed E-state index contributed by atoms with van der Waals surface area (Å²) < 4.78 is 16.8. The third-order valence-electron chi connectivity index (χ3n) is 12.7. The number of hydrogen-bond donors (Lipinski definition) is 0. The molecule has 0 saturated carbocycles. The van der Waals surface area contributed by atoms with Gasteiger partial charge in [0.25, 0.3) is 0 Å². The molecule has 6 heteroatoms. The monoisotopic (exact) mass is 963 g/mol. The lowest BCUT2D eigenvalue weighted by atomic mass is 10.0. The van der Waals surface area contributed by atoms with Crippen molar-refractivity contribution in [1.82, 2.24) is 0 Å². The predicted octanol–water partition coefficient (Wildman–Crippen LogP) is 19.8. The molecule has 6 nitrogen and oxygen atoms in total. The maximum atomic E-state index is 12.8. The Hall–Kier alpha value is -3.15. The summed E-state index contributed by atoms with van der Waals surface area (Å²) in [6.07, 6.45) is 73.4. The number of unbranched alkanes of at least 4 members (excludes halogenated alkanes) is 30. The topological polar surface area (TPSA) is 78.9 Å². The van der Waals surface area contributed by atoms with E-state index in [1.807, 2.05) is 0 Å². The molecule has 0 aliphatic carbocycles. The zero-order chi connectivity index (χ0) is 50.0. The van der Waals surface area contributed by atoms with Gasteiger partial charge in [-0.3, -0.25) is 14.4 Å². The minimum Gasteiger partial charge on any atom is -0.462 e. The Morgan fingerprint density at radius 2 is 0.536 bits per heavy atom. The van der Waals surface area contributed by atoms with E-state index in [1.165, 1.54) is 180 Å². The van der Waals surface area contributed by atoms with Crippen molar-refractivity contribution in [2.24, 2.45) is 0 Å². The molecular weight excluding hydrogens is 853 g/mol. The molecule has 0 aromatic heterocycles. The molecule has 0 aliphatic heterocycles. The molecule has 0 N–H and O–H groups in total. The van der Waals surface area contributed by atoms with Crippen LogP contribution in [0.3, 0.4) is 0 Å². The average Bonchev–Trinajstić information content (AvgIpc) is 3.35. The number of carbonyl (C=O) groups is 3. The third-order valence-corrected chi connectivity index (χ3v) is 12.7. The molecule has 0 saturated heterocycles. The number of ether oxygens (including phenoxy) is 3. The molecule has 0 bridgehead atoms. The standard InChI is InChI=1S/C63H110O6/c1-4-7-10-13-16-19-22-25-28-31-34-37-40-43-46-49-52-55-61(64)67-58-60(69-63(66)57-54-51-48-45-42-39-36-33-30-27-24-21-18-15-12-9-6-3)59-68-62(65)56-53-50-47-44-41-38-35-32-29-26-23-20-17-14-11-8-5-2/h25,27-28,30,34,36-37,39,43,45-46,48,60H,4-24,26,29,31-33,35,38,40-42,44,47,49-59H2,1-3H3/b28-25-,30-27-,37-34-,39-36-,46-43-,48-45-. The van der Waals surface area contributed by atoms with Crippen molar-refractivity contribution >= 4 is 17.9 Å². The van der Waals surface area contributed by atoms with Gasteiger partial charge in [-0.15, -0.1) is 0 Å². The Morgan fingerprint density at radius 3 is 0.870 bits per heavy atom. The first-order valence-electron chi connectivity index (χ1n) is 29.4. The highest BCUT2D eigenvalue weighted by Gasteiger charge is 2.19. The lowest BCUT2D eigenvalue weighted by molar-refractivity contribution is -0.167. The van der Waals surface area contributed by atoms with Crippen molar-refractivity contribution < 1.29 is 28.6 Å². The van der Waals surface area contributed by atoms with Crippen LogP contribution in [-0.2, 0) is 28.6 Å². The largest absolute Gasteiger partial charge is 0.462 e. The van der Waals surface area contributed by atoms with Crippen LogP contribution < -0.4 is 0 Å². The van der Waals surface area contributed by atoms with Crippen molar-refractivity contribution in [3.05, 3.63) is 72.9 Å². The lowest BCUT2D eigenvalue weighted by Gasteiger charge is -2.18. The molecular formula is C63H110O6. The summed E-state index contributed by atoms with van der Waals surface area (Å²) in [4.78, 5) is 38.1. The molecule has 0 fully saturated rings. The first kappa shape index (κ1) is 65.8. The molecule has 69 heavy (non-hydrogen) atoms. The van der Waals surface area contributed by atoms with Crippen LogP contribution in [0.4, 0.5) is 0 Å². The molecule has 1 unspecified atom stereocenters. The minimum absolute atomic E-state index is 0.109. The van der Waals surface area contributed by atoms with Gasteiger partial charge >= 0.3 is 17.9 Å². The van der Waals surface area contributed by atoms with E-state index in [-0.39, 0.29) is 44.0 Å². The van der Waals surface area contributed by atoms with E-state index >= 15 is 0 Å². The number of rotatable bonds is 53. The normalized spacial score (nSPS) is 12.6. The zero-order valence-corrected chi connectivity index (χ0v) is 45.6. The van der Waals surface area contributed by atoms with Crippen molar-refractivity contribution in [3.8, 4) is 0 Å². The first-order valence-corrected chi connectivity index (χ1v) is 29.4. The van der Waals surface area contributed by atoms with E-state index in [2.05, 4.69) is 93.7 Å². The van der Waals surface area contributed by atoms with E-state index in [1.54, 1.807) is 0 Å². The molecule has 0 aromatic rings. The van der Waals surface area contributed by atoms with Gasteiger partial charge in [0.15, 0.2) is 6.10 Å². The molecule has 0 rings (SSSR count). The smallest absolute Gasteiger partial charge is 0.306 e. The first-order chi connectivity index (χ1) is 34.0. The van der Waals surface area contributed by atoms with Crippen LogP contribution in [0.25, 0.3) is 0 Å². The molecule has 0 spiro atoms. The second kappa shape index (κ2) is 57.4. The fourth-order valence-electron chi connectivity index (χ4n) is 8.24. The summed E-state index contributed by atoms with van der Waals surface area (Å²) in [5.74, 6) is -1.01. The highest BCUT2D eigenvalue weighted by molar-refractivity contribution is 5.71. The molecule has 398 valence electrons. The number of esters is 3. The Labute approximate surface area is 427 Å². The predicted molar refractivity (Wildman–Crippen MR) is 298 cm³/mol. The molecule has 1 atom stereocenters. The van der Waals surface area contributed by atoms with Crippen LogP contribution in [0.15, 0.2) is 72.9 Å². The van der Waals surface area contributed by atoms with Gasteiger partial charge in [0.05, 0.1) is 0 Å². The van der Waals surface area contributed by atoms with E-state index in [4.69, 9.17) is 14.2 Å². The summed E-state index contributed by atoms with van der Waals surface area (Å²) in [6, 6.07) is 0. The van der Waals surface area contributed by atoms with Gasteiger partial charge in [0, 0.05) is 19.3 Å². The van der Waals surface area contributed by atoms with Crippen molar-refractivity contribution in [2.45, 2.75) is 297 Å². The Kier molecular flexibility index (Phi) is 54.8. The summed E-state index contributed by atoms with van der Waals surface area (Å²) in [5, 5.41) is 0. The average molecular weight is 964 g/mol. The third kappa shape index (κ3) is 55.6. The summed E-state index contributed by atoms with van der Waals surface area (Å²) in [5.41, 5.74) is 0. The second-order valence-electron chi connectivity index (χ2n) is 19.6. The van der Waals surface area contributed by atoms with Gasteiger partial charge in [-0.1, -0.05) is 261 Å². The number of allylic oxidation sites excluding steroid dienone is 12. The number of carbonyl (C=O) groups excluding carboxylic acids is 3. The van der Waals surface area contributed by atoms with Crippen LogP contribution in [0.1, 0.15) is 290 Å². The van der Waals surface area contributed by atoms with Gasteiger partial charge in [-0.25, -0.2) is 0 Å². The van der Waals surface area contributed by atoms with E-state index in [0.29, 0.717) is 19.3 Å². The van der Waals surface area contributed by atoms with Crippen LogP contribution in [0.2, 0.25) is 0 Å². The Balaban J connectivity index is 4.50. The van der Waals surface area contributed by atoms with Crippen LogP contribution in [0.5, 0.6) is 0 Å². The summed E-state index contributed by atoms with van der Waals surface area (Å²) >= 11 is 0.